The normalized spacial score (nSPS) is 18.7. The number of rotatable bonds is 4. The van der Waals surface area contributed by atoms with Gasteiger partial charge in [-0.05, 0) is 17.5 Å². The minimum Gasteiger partial charge on any atom is -0.465 e. The van der Waals surface area contributed by atoms with Gasteiger partial charge in [0.2, 0.25) is 11.8 Å². The molecule has 9 heteroatoms. The van der Waals surface area contributed by atoms with Gasteiger partial charge in [-0.15, -0.1) is 11.3 Å². The second-order valence-electron chi connectivity index (χ2n) is 5.17. The van der Waals surface area contributed by atoms with Gasteiger partial charge in [-0.25, -0.2) is 9.59 Å². The molecule has 0 radical (unpaired) electrons. The maximum Gasteiger partial charge on any atom is 0.351 e. The first-order valence-electron chi connectivity index (χ1n) is 7.25. The maximum absolute atomic E-state index is 12.4. The van der Waals surface area contributed by atoms with Crippen molar-refractivity contribution < 1.29 is 23.9 Å². The summed E-state index contributed by atoms with van der Waals surface area (Å²) in [4.78, 5) is 52.9. The fourth-order valence-corrected chi connectivity index (χ4v) is 3.20. The first-order chi connectivity index (χ1) is 12.0. The van der Waals surface area contributed by atoms with Crippen molar-refractivity contribution in [3.8, 4) is 0 Å². The van der Waals surface area contributed by atoms with Crippen LogP contribution < -0.4 is 5.32 Å². The van der Waals surface area contributed by atoms with Gasteiger partial charge < -0.3 is 10.1 Å². The summed E-state index contributed by atoms with van der Waals surface area (Å²) in [5.41, 5.74) is 0.568. The van der Waals surface area contributed by atoms with Crippen LogP contribution in [-0.2, 0) is 14.3 Å². The molecule has 1 N–H and O–H groups in total. The molecule has 1 unspecified atom stereocenters. The van der Waals surface area contributed by atoms with Crippen LogP contribution >= 0.6 is 11.3 Å². The number of nitrogens with one attached hydrogen (secondary N) is 1. The molecule has 0 bridgehead atoms. The Hall–Kier alpha value is -3.07. The van der Waals surface area contributed by atoms with Crippen LogP contribution in [-0.4, -0.2) is 48.1 Å². The summed E-state index contributed by atoms with van der Waals surface area (Å²) in [5, 5.41) is 4.43. The Morgan fingerprint density at radius 1 is 1.36 bits per heavy atom. The van der Waals surface area contributed by atoms with Gasteiger partial charge in [0.05, 0.1) is 24.3 Å². The number of allylic oxidation sites excluding steroid dienone is 3. The number of methoxy groups -OCH3 is 1. The molecule has 1 atom stereocenters. The fourth-order valence-electron chi connectivity index (χ4n) is 2.41. The summed E-state index contributed by atoms with van der Waals surface area (Å²) in [6.45, 7) is -0.485. The van der Waals surface area contributed by atoms with E-state index in [2.05, 4.69) is 15.0 Å². The lowest BCUT2D eigenvalue weighted by Crippen LogP contribution is -2.49. The highest BCUT2D eigenvalue weighted by atomic mass is 32.1. The van der Waals surface area contributed by atoms with Crippen LogP contribution in [0.15, 0.2) is 40.7 Å². The number of carbonyl (C=O) groups excluding carboxylic acids is 4. The Balaban J connectivity index is 1.72. The summed E-state index contributed by atoms with van der Waals surface area (Å²) in [6, 6.07) is 0.727. The average molecular weight is 359 g/mol. The topological polar surface area (TPSA) is 105 Å². The number of urea groups is 1. The van der Waals surface area contributed by atoms with E-state index >= 15 is 0 Å². The predicted octanol–water partition coefficient (Wildman–Crippen LogP) is 1.62. The molecule has 8 nitrogen and oxygen atoms in total. The summed E-state index contributed by atoms with van der Waals surface area (Å²) in [5.74, 6) is -2.37. The van der Waals surface area contributed by atoms with Gasteiger partial charge in [0.25, 0.3) is 0 Å². The van der Waals surface area contributed by atoms with E-state index in [-0.39, 0.29) is 5.56 Å². The van der Waals surface area contributed by atoms with Gasteiger partial charge in [-0.2, -0.15) is 4.99 Å². The van der Waals surface area contributed by atoms with Crippen molar-refractivity contribution in [2.75, 3.05) is 19.0 Å². The zero-order valence-corrected chi connectivity index (χ0v) is 13.9. The molecule has 2 heterocycles. The summed E-state index contributed by atoms with van der Waals surface area (Å²) in [6.07, 6.45) is 6.58. The third-order valence-corrected chi connectivity index (χ3v) is 4.44. The Kier molecular flexibility index (Phi) is 4.57. The number of ether oxygens (including phenoxy) is 1. The number of hydrogen-bond donors (Lipinski definition) is 1. The average Bonchev–Trinajstić information content (AvgIpc) is 3.06. The number of nitrogens with zero attached hydrogens (tertiary/aromatic N) is 2. The van der Waals surface area contributed by atoms with Crippen LogP contribution in [0.25, 0.3) is 0 Å². The summed E-state index contributed by atoms with van der Waals surface area (Å²) < 4.78 is 4.63. The lowest BCUT2D eigenvalue weighted by atomic mass is 9.95. The Morgan fingerprint density at radius 2 is 2.16 bits per heavy atom. The highest BCUT2D eigenvalue weighted by molar-refractivity contribution is 7.14. The molecule has 1 aliphatic carbocycles. The van der Waals surface area contributed by atoms with Crippen LogP contribution in [0.1, 0.15) is 10.4 Å². The zero-order chi connectivity index (χ0) is 18.0. The lowest BCUT2D eigenvalue weighted by Gasteiger charge is -2.27. The van der Waals surface area contributed by atoms with Crippen LogP contribution in [0.5, 0.6) is 0 Å². The van der Waals surface area contributed by atoms with E-state index in [4.69, 9.17) is 0 Å². The molecule has 4 amide bonds. The van der Waals surface area contributed by atoms with Crippen molar-refractivity contribution in [2.45, 2.75) is 0 Å². The molecule has 3 rings (SSSR count). The molecule has 25 heavy (non-hydrogen) atoms. The number of aliphatic imine (C=N–C) groups is 1. The van der Waals surface area contributed by atoms with Crippen molar-refractivity contribution in [3.05, 3.63) is 41.3 Å². The molecule has 1 aromatic rings. The van der Waals surface area contributed by atoms with E-state index in [0.717, 1.165) is 16.2 Å². The van der Waals surface area contributed by atoms with Crippen LogP contribution in [0.3, 0.4) is 0 Å². The molecule has 1 aromatic heterocycles. The van der Waals surface area contributed by atoms with Gasteiger partial charge in [-0.3, -0.25) is 14.5 Å². The quantitative estimate of drug-likeness (QED) is 0.823. The van der Waals surface area contributed by atoms with E-state index in [1.807, 2.05) is 0 Å². The van der Waals surface area contributed by atoms with Crippen molar-refractivity contribution in [1.29, 1.82) is 0 Å². The molecule has 0 aromatic carbocycles. The number of imide groups is 1. The SMILES string of the molecule is COC(=O)c1ccsc1NC(=O)CN1C(=O)N=C2C=CC=CC2C1=O. The largest absolute Gasteiger partial charge is 0.465 e. The second-order valence-corrected chi connectivity index (χ2v) is 6.08. The third kappa shape index (κ3) is 3.26. The number of anilines is 1. The van der Waals surface area contributed by atoms with Gasteiger partial charge >= 0.3 is 12.0 Å². The number of thiophene rings is 1. The first-order valence-corrected chi connectivity index (χ1v) is 8.13. The van der Waals surface area contributed by atoms with Crippen LogP contribution in [0.4, 0.5) is 9.80 Å². The van der Waals surface area contributed by atoms with E-state index in [1.165, 1.54) is 13.2 Å². The second kappa shape index (κ2) is 6.81. The van der Waals surface area contributed by atoms with Crippen molar-refractivity contribution >= 4 is 45.9 Å². The van der Waals surface area contributed by atoms with E-state index in [0.29, 0.717) is 10.7 Å². The molecule has 2 aliphatic rings. The first kappa shape index (κ1) is 16.8. The third-order valence-electron chi connectivity index (χ3n) is 3.61. The van der Waals surface area contributed by atoms with Crippen molar-refractivity contribution in [2.24, 2.45) is 10.9 Å². The van der Waals surface area contributed by atoms with E-state index in [9.17, 15) is 19.2 Å². The van der Waals surface area contributed by atoms with Crippen molar-refractivity contribution in [3.63, 3.8) is 0 Å². The Morgan fingerprint density at radius 3 is 2.92 bits per heavy atom. The number of hydrogen-bond acceptors (Lipinski definition) is 6. The molecular formula is C16H13N3O5S. The number of esters is 1. The van der Waals surface area contributed by atoms with E-state index < -0.39 is 36.3 Å². The van der Waals surface area contributed by atoms with Gasteiger partial charge in [0.15, 0.2) is 0 Å². The molecule has 0 saturated heterocycles. The molecular weight excluding hydrogens is 346 g/mol. The highest BCUT2D eigenvalue weighted by Gasteiger charge is 2.36. The number of carbonyl (C=O) groups is 4. The van der Waals surface area contributed by atoms with Gasteiger partial charge in [-0.1, -0.05) is 18.2 Å². The minimum atomic E-state index is -0.786. The molecule has 0 saturated carbocycles. The fraction of sp³-hybridized carbons (Fsp3) is 0.188. The summed E-state index contributed by atoms with van der Waals surface area (Å²) >= 11 is 1.13. The smallest absolute Gasteiger partial charge is 0.351 e. The van der Waals surface area contributed by atoms with Gasteiger partial charge in [0, 0.05) is 0 Å². The minimum absolute atomic E-state index is 0.206. The number of amides is 4. The van der Waals surface area contributed by atoms with Crippen LogP contribution in [0, 0.1) is 5.92 Å². The Labute approximate surface area is 146 Å². The van der Waals surface area contributed by atoms with E-state index in [1.54, 1.807) is 29.7 Å². The maximum atomic E-state index is 12.4. The van der Waals surface area contributed by atoms with Crippen molar-refractivity contribution in [1.82, 2.24) is 4.90 Å². The Bertz CT molecular complexity index is 852. The molecule has 0 spiro atoms. The van der Waals surface area contributed by atoms with Gasteiger partial charge in [0.1, 0.15) is 11.5 Å². The predicted molar refractivity (Wildman–Crippen MR) is 90.6 cm³/mol. The number of fused-ring (bicyclic) bond motifs is 1. The van der Waals surface area contributed by atoms with Crippen LogP contribution in [0.2, 0.25) is 0 Å². The molecule has 0 fully saturated rings. The lowest BCUT2D eigenvalue weighted by molar-refractivity contribution is -0.132. The highest BCUT2D eigenvalue weighted by Crippen LogP contribution is 2.24. The zero-order valence-electron chi connectivity index (χ0n) is 13.1. The molecule has 1 aliphatic heterocycles. The monoisotopic (exact) mass is 359 g/mol. The summed E-state index contributed by atoms with van der Waals surface area (Å²) in [7, 11) is 1.23. The molecule has 128 valence electrons. The standard InChI is InChI=1S/C16H13N3O5S/c1-24-15(22)10-6-7-25-13(10)18-12(20)8-19-14(21)9-4-2-3-5-11(9)17-16(19)23/h2-7,9H,8H2,1H3,(H,18,20).